The van der Waals surface area contributed by atoms with Crippen LogP contribution in [0.3, 0.4) is 0 Å². The van der Waals surface area contributed by atoms with Crippen LogP contribution in [-0.4, -0.2) is 42.5 Å². The number of urea groups is 1. The molecule has 1 aromatic rings. The van der Waals surface area contributed by atoms with Crippen LogP contribution >= 0.6 is 27.3 Å². The molecule has 0 spiro atoms. The van der Waals surface area contributed by atoms with E-state index in [-0.39, 0.29) is 0 Å². The van der Waals surface area contributed by atoms with E-state index in [0.29, 0.717) is 18.0 Å². The van der Waals surface area contributed by atoms with Gasteiger partial charge in [-0.15, -0.1) is 11.3 Å². The first-order valence-electron chi connectivity index (χ1n) is 5.08. The fourth-order valence-electron chi connectivity index (χ4n) is 1.41. The van der Waals surface area contributed by atoms with Crippen molar-refractivity contribution in [1.29, 1.82) is 0 Å². The molecule has 0 saturated carbocycles. The molecule has 1 aliphatic rings. The summed E-state index contributed by atoms with van der Waals surface area (Å²) in [5.41, 5.74) is 0. The largest absolute Gasteiger partial charge is 0.451 e. The van der Waals surface area contributed by atoms with Crippen molar-refractivity contribution in [3.63, 3.8) is 0 Å². The first-order valence-corrected chi connectivity index (χ1v) is 6.69. The minimum Gasteiger partial charge on any atom is -0.451 e. The molecule has 6 nitrogen and oxygen atoms in total. The molecule has 0 aliphatic carbocycles. The number of nitrogens with one attached hydrogen (secondary N) is 1. The molecule has 8 heteroatoms. The number of halogens is 1. The lowest BCUT2D eigenvalue weighted by Crippen LogP contribution is -2.37. The summed E-state index contributed by atoms with van der Waals surface area (Å²) in [6.07, 6.45) is 0. The highest BCUT2D eigenvalue weighted by Gasteiger charge is 2.26. The molecule has 1 aromatic heterocycles. The Kier molecular flexibility index (Phi) is 3.97. The quantitative estimate of drug-likeness (QED) is 0.844. The zero-order valence-corrected chi connectivity index (χ0v) is 11.5. The zero-order valence-electron chi connectivity index (χ0n) is 9.14. The van der Waals surface area contributed by atoms with E-state index in [1.165, 1.54) is 11.3 Å². The topological polar surface area (TPSA) is 75.7 Å². The molecule has 0 atom stereocenters. The Bertz CT molecular complexity index is 502. The Labute approximate surface area is 115 Å². The summed E-state index contributed by atoms with van der Waals surface area (Å²) in [7, 11) is 0. The second-order valence-electron chi connectivity index (χ2n) is 3.46. The smallest absolute Gasteiger partial charge is 0.348 e. The van der Waals surface area contributed by atoms with Crippen molar-refractivity contribution in [2.45, 2.75) is 0 Å². The van der Waals surface area contributed by atoms with Crippen LogP contribution in [0.4, 0.5) is 4.79 Å². The normalized spacial score (nSPS) is 14.5. The van der Waals surface area contributed by atoms with Gasteiger partial charge in [-0.25, -0.2) is 9.59 Å². The zero-order chi connectivity index (χ0) is 13.1. The molecule has 0 unspecified atom stereocenters. The Balaban J connectivity index is 1.86. The number of amides is 3. The number of esters is 1. The van der Waals surface area contributed by atoms with Crippen molar-refractivity contribution in [3.8, 4) is 0 Å². The number of hydrogen-bond donors (Lipinski definition) is 1. The Morgan fingerprint density at radius 3 is 2.83 bits per heavy atom. The summed E-state index contributed by atoms with van der Waals surface area (Å²) in [4.78, 5) is 35.7. The van der Waals surface area contributed by atoms with E-state index in [0.717, 1.165) is 8.69 Å². The summed E-state index contributed by atoms with van der Waals surface area (Å²) in [5, 5.41) is 2.49. The summed E-state index contributed by atoms with van der Waals surface area (Å²) in [6.45, 7) is 0.304. The maximum Gasteiger partial charge on any atom is 0.348 e. The second kappa shape index (κ2) is 5.49. The van der Waals surface area contributed by atoms with Crippen molar-refractivity contribution < 1.29 is 19.1 Å². The molecular formula is C10H9BrN2O4S. The van der Waals surface area contributed by atoms with Gasteiger partial charge in [0.15, 0.2) is 6.61 Å². The first kappa shape index (κ1) is 13.0. The fraction of sp³-hybridized carbons (Fsp3) is 0.300. The number of ether oxygens (including phenoxy) is 1. The van der Waals surface area contributed by atoms with Gasteiger partial charge in [-0.3, -0.25) is 9.69 Å². The third-order valence-corrected chi connectivity index (χ3v) is 3.86. The SMILES string of the molecule is O=C(OCC(=O)N1CCNC1=O)c1ccc(Br)s1. The number of carbonyl (C=O) groups excluding carboxylic acids is 3. The molecule has 1 N–H and O–H groups in total. The Morgan fingerprint density at radius 1 is 1.50 bits per heavy atom. The number of imide groups is 1. The van der Waals surface area contributed by atoms with Gasteiger partial charge in [-0.1, -0.05) is 0 Å². The predicted octanol–water partition coefficient (Wildman–Crippen LogP) is 1.22. The Hall–Kier alpha value is -1.41. The third kappa shape index (κ3) is 2.88. The molecule has 2 heterocycles. The molecule has 1 saturated heterocycles. The maximum absolute atomic E-state index is 11.6. The van der Waals surface area contributed by atoms with E-state index in [1.807, 2.05) is 0 Å². The lowest BCUT2D eigenvalue weighted by atomic mass is 10.5. The van der Waals surface area contributed by atoms with Gasteiger partial charge >= 0.3 is 12.0 Å². The highest BCUT2D eigenvalue weighted by Crippen LogP contribution is 2.22. The summed E-state index contributed by atoms with van der Waals surface area (Å²) < 4.78 is 5.65. The van der Waals surface area contributed by atoms with Crippen LogP contribution in [0, 0.1) is 0 Å². The molecule has 18 heavy (non-hydrogen) atoms. The molecule has 1 fully saturated rings. The first-order chi connectivity index (χ1) is 8.58. The van der Waals surface area contributed by atoms with Gasteiger partial charge in [0.25, 0.3) is 5.91 Å². The van der Waals surface area contributed by atoms with Crippen molar-refractivity contribution in [1.82, 2.24) is 10.2 Å². The van der Waals surface area contributed by atoms with E-state index >= 15 is 0 Å². The molecular weight excluding hydrogens is 324 g/mol. The minimum atomic E-state index is -0.571. The van der Waals surface area contributed by atoms with Crippen LogP contribution < -0.4 is 5.32 Å². The number of nitrogens with zero attached hydrogens (tertiary/aromatic N) is 1. The van der Waals surface area contributed by atoms with E-state index in [9.17, 15) is 14.4 Å². The van der Waals surface area contributed by atoms with Crippen LogP contribution in [-0.2, 0) is 9.53 Å². The number of thiophene rings is 1. The van der Waals surface area contributed by atoms with Crippen LogP contribution in [0.1, 0.15) is 9.67 Å². The standard InChI is InChI=1S/C10H9BrN2O4S/c11-7-2-1-6(18-7)9(15)17-5-8(14)13-4-3-12-10(13)16/h1-2H,3-5H2,(H,12,16). The average molecular weight is 333 g/mol. The van der Waals surface area contributed by atoms with Gasteiger partial charge in [0.2, 0.25) is 0 Å². The van der Waals surface area contributed by atoms with E-state index in [1.54, 1.807) is 12.1 Å². The fourth-order valence-corrected chi connectivity index (χ4v) is 2.69. The molecule has 96 valence electrons. The number of carbonyl (C=O) groups is 3. The van der Waals surface area contributed by atoms with Crippen molar-refractivity contribution in [2.24, 2.45) is 0 Å². The average Bonchev–Trinajstić information content (AvgIpc) is 2.94. The van der Waals surface area contributed by atoms with Crippen molar-refractivity contribution in [2.75, 3.05) is 19.7 Å². The maximum atomic E-state index is 11.6. The van der Waals surface area contributed by atoms with Gasteiger partial charge in [-0.05, 0) is 28.1 Å². The number of rotatable bonds is 3. The van der Waals surface area contributed by atoms with Crippen LogP contribution in [0.5, 0.6) is 0 Å². The van der Waals surface area contributed by atoms with Crippen LogP contribution in [0.25, 0.3) is 0 Å². The lowest BCUT2D eigenvalue weighted by Gasteiger charge is -2.11. The Morgan fingerprint density at radius 2 is 2.28 bits per heavy atom. The molecule has 0 radical (unpaired) electrons. The van der Waals surface area contributed by atoms with Gasteiger partial charge < -0.3 is 10.1 Å². The molecule has 0 aromatic carbocycles. The summed E-state index contributed by atoms with van der Waals surface area (Å²) in [6, 6.07) is 2.87. The monoisotopic (exact) mass is 332 g/mol. The highest BCUT2D eigenvalue weighted by molar-refractivity contribution is 9.11. The van der Waals surface area contributed by atoms with Gasteiger partial charge in [-0.2, -0.15) is 0 Å². The summed E-state index contributed by atoms with van der Waals surface area (Å²) >= 11 is 4.44. The third-order valence-electron chi connectivity index (χ3n) is 2.26. The molecule has 0 bridgehead atoms. The second-order valence-corrected chi connectivity index (χ2v) is 5.92. The number of hydrogen-bond acceptors (Lipinski definition) is 5. The van der Waals surface area contributed by atoms with Gasteiger partial charge in [0.05, 0.1) is 3.79 Å². The van der Waals surface area contributed by atoms with Gasteiger partial charge in [0, 0.05) is 13.1 Å². The van der Waals surface area contributed by atoms with E-state index in [2.05, 4.69) is 21.2 Å². The van der Waals surface area contributed by atoms with Crippen LogP contribution in [0.15, 0.2) is 15.9 Å². The van der Waals surface area contributed by atoms with Gasteiger partial charge in [0.1, 0.15) is 4.88 Å². The van der Waals surface area contributed by atoms with Crippen molar-refractivity contribution in [3.05, 3.63) is 20.8 Å². The van der Waals surface area contributed by atoms with E-state index < -0.39 is 24.5 Å². The minimum absolute atomic E-state index is 0.305. The van der Waals surface area contributed by atoms with Crippen molar-refractivity contribution >= 4 is 45.2 Å². The lowest BCUT2D eigenvalue weighted by molar-refractivity contribution is -0.130. The predicted molar refractivity (Wildman–Crippen MR) is 67.4 cm³/mol. The highest BCUT2D eigenvalue weighted by atomic mass is 79.9. The molecule has 3 amide bonds. The molecule has 1 aliphatic heterocycles. The summed E-state index contributed by atoms with van der Waals surface area (Å²) in [5.74, 6) is -1.09. The van der Waals surface area contributed by atoms with E-state index in [4.69, 9.17) is 4.74 Å². The van der Waals surface area contributed by atoms with Crippen LogP contribution in [0.2, 0.25) is 0 Å². The molecule has 2 rings (SSSR count).